The monoisotopic (exact) mass is 328 g/mol. The van der Waals surface area contributed by atoms with E-state index in [1.807, 2.05) is 6.07 Å². The third-order valence-corrected chi connectivity index (χ3v) is 3.42. The minimum absolute atomic E-state index is 0.0261. The Bertz CT molecular complexity index is 821. The van der Waals surface area contributed by atoms with E-state index in [2.05, 4.69) is 20.4 Å². The fourth-order valence-electron chi connectivity index (χ4n) is 2.43. The van der Waals surface area contributed by atoms with Crippen molar-refractivity contribution in [1.82, 2.24) is 9.97 Å². The Hall–Kier alpha value is -3.20. The smallest absolute Gasteiger partial charge is 0.319 e. The van der Waals surface area contributed by atoms with Gasteiger partial charge in [-0.05, 0) is 17.7 Å². The summed E-state index contributed by atoms with van der Waals surface area (Å²) in [4.78, 5) is 19.6. The van der Waals surface area contributed by atoms with Crippen LogP contribution in [-0.4, -0.2) is 39.9 Å². The number of aromatic nitrogens is 2. The first-order valence-electron chi connectivity index (χ1n) is 7.20. The number of rotatable bonds is 5. The molecule has 0 radical (unpaired) electrons. The predicted octanol–water partition coefficient (Wildman–Crippen LogP) is -0.364. The highest BCUT2D eigenvalue weighted by Gasteiger charge is 2.20. The van der Waals surface area contributed by atoms with Gasteiger partial charge in [-0.15, -0.1) is 0 Å². The lowest BCUT2D eigenvalue weighted by molar-refractivity contribution is -0.115. The second kappa shape index (κ2) is 6.50. The van der Waals surface area contributed by atoms with Crippen molar-refractivity contribution in [3.8, 4) is 6.01 Å². The molecule has 9 heteroatoms. The molecule has 0 bridgehead atoms. The number of ether oxygens (including phenoxy) is 1. The van der Waals surface area contributed by atoms with Gasteiger partial charge < -0.3 is 26.7 Å². The molecule has 0 saturated carbocycles. The Kier molecular flexibility index (Phi) is 4.25. The predicted molar refractivity (Wildman–Crippen MR) is 87.6 cm³/mol. The number of carbonyl (C=O) groups is 1. The second-order valence-corrected chi connectivity index (χ2v) is 5.11. The number of amides is 1. The van der Waals surface area contributed by atoms with Crippen LogP contribution in [0.1, 0.15) is 16.8 Å². The SMILES string of the molecule is NN=C(c1ccc2c(c1)CC(=O)N2)c1cc(N)nc(OCCO)n1. The third-order valence-electron chi connectivity index (χ3n) is 3.42. The van der Waals surface area contributed by atoms with Crippen LogP contribution in [0, 0.1) is 0 Å². The van der Waals surface area contributed by atoms with Gasteiger partial charge in [-0.3, -0.25) is 4.79 Å². The first-order valence-corrected chi connectivity index (χ1v) is 7.20. The third kappa shape index (κ3) is 3.10. The maximum absolute atomic E-state index is 11.5. The van der Waals surface area contributed by atoms with Gasteiger partial charge in [0.2, 0.25) is 5.91 Å². The van der Waals surface area contributed by atoms with Crippen LogP contribution in [0.5, 0.6) is 6.01 Å². The molecule has 0 fully saturated rings. The van der Waals surface area contributed by atoms with Crippen LogP contribution in [0.2, 0.25) is 0 Å². The molecule has 0 atom stereocenters. The number of hydrazone groups is 1. The molecule has 1 aromatic carbocycles. The topological polar surface area (TPSA) is 149 Å². The fraction of sp³-hybridized carbons (Fsp3) is 0.200. The first-order chi connectivity index (χ1) is 11.6. The second-order valence-electron chi connectivity index (χ2n) is 5.11. The van der Waals surface area contributed by atoms with Gasteiger partial charge in [0, 0.05) is 17.3 Å². The van der Waals surface area contributed by atoms with Crippen LogP contribution >= 0.6 is 0 Å². The molecule has 2 heterocycles. The Morgan fingerprint density at radius 1 is 1.38 bits per heavy atom. The standard InChI is InChI=1S/C15H16N6O3/c16-12-7-11(19-15(20-12)24-4-3-22)14(21-17)8-1-2-10-9(5-8)6-13(23)18-10/h1-2,5,7,22H,3-4,6,17H2,(H,18,23)(H2,16,19,20). The molecule has 9 nitrogen and oxygen atoms in total. The summed E-state index contributed by atoms with van der Waals surface area (Å²) in [7, 11) is 0. The summed E-state index contributed by atoms with van der Waals surface area (Å²) < 4.78 is 5.19. The summed E-state index contributed by atoms with van der Waals surface area (Å²) in [5, 5.41) is 15.4. The van der Waals surface area contributed by atoms with Crippen molar-refractivity contribution in [3.63, 3.8) is 0 Å². The molecule has 1 aliphatic rings. The lowest BCUT2D eigenvalue weighted by Crippen LogP contribution is -2.13. The molecular weight excluding hydrogens is 312 g/mol. The number of aliphatic hydroxyl groups excluding tert-OH is 1. The first kappa shape index (κ1) is 15.7. The molecule has 0 spiro atoms. The van der Waals surface area contributed by atoms with Crippen molar-refractivity contribution in [3.05, 3.63) is 41.1 Å². The van der Waals surface area contributed by atoms with Gasteiger partial charge in [-0.1, -0.05) is 6.07 Å². The number of anilines is 2. The molecule has 1 aliphatic heterocycles. The fourth-order valence-corrected chi connectivity index (χ4v) is 2.43. The zero-order valence-electron chi connectivity index (χ0n) is 12.7. The van der Waals surface area contributed by atoms with Gasteiger partial charge >= 0.3 is 6.01 Å². The van der Waals surface area contributed by atoms with Crippen LogP contribution in [0.3, 0.4) is 0 Å². The number of nitrogens with one attached hydrogen (secondary N) is 1. The van der Waals surface area contributed by atoms with Crippen LogP contribution in [0.25, 0.3) is 0 Å². The summed E-state index contributed by atoms with van der Waals surface area (Å²) in [6.45, 7) is -0.123. The Balaban J connectivity index is 1.97. The number of aliphatic hydroxyl groups is 1. The molecule has 0 saturated heterocycles. The molecule has 24 heavy (non-hydrogen) atoms. The van der Waals surface area contributed by atoms with Crippen LogP contribution in [-0.2, 0) is 11.2 Å². The van der Waals surface area contributed by atoms with E-state index >= 15 is 0 Å². The minimum Gasteiger partial charge on any atom is -0.461 e. The molecule has 3 rings (SSSR count). The average Bonchev–Trinajstić information content (AvgIpc) is 2.92. The van der Waals surface area contributed by atoms with E-state index in [1.165, 1.54) is 6.07 Å². The van der Waals surface area contributed by atoms with E-state index in [4.69, 9.17) is 21.4 Å². The van der Waals surface area contributed by atoms with Crippen molar-refractivity contribution >= 4 is 23.1 Å². The van der Waals surface area contributed by atoms with Crippen molar-refractivity contribution < 1.29 is 14.6 Å². The highest BCUT2D eigenvalue weighted by atomic mass is 16.5. The van der Waals surface area contributed by atoms with Crippen molar-refractivity contribution in [2.45, 2.75) is 6.42 Å². The number of fused-ring (bicyclic) bond motifs is 1. The number of hydrogen-bond acceptors (Lipinski definition) is 8. The number of hydrogen-bond donors (Lipinski definition) is 4. The van der Waals surface area contributed by atoms with E-state index in [-0.39, 0.29) is 30.9 Å². The number of nitrogens with two attached hydrogens (primary N) is 2. The van der Waals surface area contributed by atoms with E-state index < -0.39 is 0 Å². The molecule has 1 amide bonds. The average molecular weight is 328 g/mol. The Morgan fingerprint density at radius 2 is 2.21 bits per heavy atom. The summed E-state index contributed by atoms with van der Waals surface area (Å²) in [6, 6.07) is 6.94. The molecular formula is C15H16N6O3. The van der Waals surface area contributed by atoms with E-state index in [0.29, 0.717) is 23.4 Å². The van der Waals surface area contributed by atoms with Crippen LogP contribution < -0.4 is 21.6 Å². The van der Waals surface area contributed by atoms with Crippen molar-refractivity contribution in [2.24, 2.45) is 10.9 Å². The highest BCUT2D eigenvalue weighted by Crippen LogP contribution is 2.25. The maximum atomic E-state index is 11.5. The maximum Gasteiger partial charge on any atom is 0.319 e. The summed E-state index contributed by atoms with van der Waals surface area (Å²) in [5.74, 6) is 5.66. The number of nitrogen functional groups attached to an aromatic ring is 1. The van der Waals surface area contributed by atoms with Gasteiger partial charge in [0.1, 0.15) is 23.8 Å². The van der Waals surface area contributed by atoms with Crippen LogP contribution in [0.4, 0.5) is 11.5 Å². The van der Waals surface area contributed by atoms with Crippen molar-refractivity contribution in [1.29, 1.82) is 0 Å². The molecule has 124 valence electrons. The van der Waals surface area contributed by atoms with Gasteiger partial charge in [0.05, 0.1) is 13.0 Å². The van der Waals surface area contributed by atoms with E-state index in [9.17, 15) is 4.79 Å². The lowest BCUT2D eigenvalue weighted by atomic mass is 10.0. The van der Waals surface area contributed by atoms with Gasteiger partial charge in [0.15, 0.2) is 0 Å². The normalized spacial score (nSPS) is 13.5. The van der Waals surface area contributed by atoms with E-state index in [1.54, 1.807) is 12.1 Å². The molecule has 2 aromatic rings. The summed E-state index contributed by atoms with van der Waals surface area (Å²) in [6.07, 6.45) is 0.303. The highest BCUT2D eigenvalue weighted by molar-refractivity contribution is 6.12. The molecule has 6 N–H and O–H groups in total. The number of nitrogens with zero attached hydrogens (tertiary/aromatic N) is 3. The molecule has 1 aromatic heterocycles. The minimum atomic E-state index is -0.169. The Morgan fingerprint density at radius 3 is 2.96 bits per heavy atom. The largest absolute Gasteiger partial charge is 0.461 e. The number of carbonyl (C=O) groups excluding carboxylic acids is 1. The van der Waals surface area contributed by atoms with Gasteiger partial charge in [-0.25, -0.2) is 0 Å². The van der Waals surface area contributed by atoms with Crippen LogP contribution in [0.15, 0.2) is 29.4 Å². The Labute approximate surface area is 137 Å². The van der Waals surface area contributed by atoms with Gasteiger partial charge in [0.25, 0.3) is 0 Å². The quantitative estimate of drug-likeness (QED) is 0.332. The van der Waals surface area contributed by atoms with Crippen molar-refractivity contribution in [2.75, 3.05) is 24.3 Å². The zero-order chi connectivity index (χ0) is 17.1. The lowest BCUT2D eigenvalue weighted by Gasteiger charge is -2.09. The summed E-state index contributed by atoms with van der Waals surface area (Å²) in [5.41, 5.74) is 8.86. The number of benzene rings is 1. The van der Waals surface area contributed by atoms with E-state index in [0.717, 1.165) is 11.3 Å². The molecule has 0 unspecified atom stereocenters. The van der Waals surface area contributed by atoms with Gasteiger partial charge in [-0.2, -0.15) is 15.1 Å². The zero-order valence-corrected chi connectivity index (χ0v) is 12.7. The molecule has 0 aliphatic carbocycles. The summed E-state index contributed by atoms with van der Waals surface area (Å²) >= 11 is 0.